The summed E-state index contributed by atoms with van der Waals surface area (Å²) in [7, 11) is -2.48. The summed E-state index contributed by atoms with van der Waals surface area (Å²) < 4.78 is 31.4. The number of nitrogens with zero attached hydrogens (tertiary/aromatic N) is 3. The number of amides is 2. The number of nitro groups is 1. The fourth-order valence-electron chi connectivity index (χ4n) is 3.48. The van der Waals surface area contributed by atoms with E-state index in [1.54, 1.807) is 38.1 Å². The highest BCUT2D eigenvalue weighted by atomic mass is 32.2. The highest BCUT2D eigenvalue weighted by Gasteiger charge is 2.31. The van der Waals surface area contributed by atoms with E-state index in [1.165, 1.54) is 24.1 Å². The lowest BCUT2D eigenvalue weighted by Crippen LogP contribution is -2.51. The van der Waals surface area contributed by atoms with E-state index < -0.39 is 33.4 Å². The molecule has 2 rings (SSSR count). The van der Waals surface area contributed by atoms with Crippen LogP contribution in [0.5, 0.6) is 5.75 Å². The van der Waals surface area contributed by atoms with Gasteiger partial charge in [-0.15, -0.1) is 0 Å². The Morgan fingerprint density at radius 2 is 1.81 bits per heavy atom. The first-order valence-corrected chi connectivity index (χ1v) is 13.2. The molecule has 2 amide bonds. The van der Waals surface area contributed by atoms with Crippen LogP contribution in [0, 0.1) is 17.0 Å². The predicted octanol–water partition coefficient (Wildman–Crippen LogP) is 2.62. The molecule has 1 N–H and O–H groups in total. The molecule has 196 valence electrons. The molecule has 0 radical (unpaired) electrons. The number of aryl methyl sites for hydroxylation is 1. The van der Waals surface area contributed by atoms with Crippen LogP contribution in [0.3, 0.4) is 0 Å². The largest absolute Gasteiger partial charge is 0.497 e. The van der Waals surface area contributed by atoms with Gasteiger partial charge in [-0.2, -0.15) is 0 Å². The summed E-state index contributed by atoms with van der Waals surface area (Å²) >= 11 is 0. The summed E-state index contributed by atoms with van der Waals surface area (Å²) in [5.41, 5.74) is 0.859. The van der Waals surface area contributed by atoms with E-state index in [0.29, 0.717) is 29.8 Å². The Kier molecular flexibility index (Phi) is 9.79. The van der Waals surface area contributed by atoms with Crippen LogP contribution in [0.2, 0.25) is 0 Å². The van der Waals surface area contributed by atoms with Crippen LogP contribution < -0.4 is 14.4 Å². The average Bonchev–Trinajstić information content (AvgIpc) is 2.83. The maximum absolute atomic E-state index is 13.5. The van der Waals surface area contributed by atoms with Gasteiger partial charge in [0, 0.05) is 25.2 Å². The van der Waals surface area contributed by atoms with Gasteiger partial charge in [0.15, 0.2) is 0 Å². The first kappa shape index (κ1) is 28.6. The minimum Gasteiger partial charge on any atom is -0.497 e. The van der Waals surface area contributed by atoms with Gasteiger partial charge in [-0.25, -0.2) is 8.42 Å². The number of hydrogen-bond acceptors (Lipinski definition) is 7. The molecule has 2 aromatic carbocycles. The van der Waals surface area contributed by atoms with E-state index in [0.717, 1.165) is 16.6 Å². The third kappa shape index (κ3) is 7.41. The van der Waals surface area contributed by atoms with Gasteiger partial charge in [0.1, 0.15) is 18.3 Å². The second kappa shape index (κ2) is 12.3. The highest BCUT2D eigenvalue weighted by Crippen LogP contribution is 2.28. The molecule has 0 bridgehead atoms. The van der Waals surface area contributed by atoms with Gasteiger partial charge < -0.3 is 15.0 Å². The second-order valence-corrected chi connectivity index (χ2v) is 10.2. The fraction of sp³-hybridized carbons (Fsp3) is 0.417. The number of carbonyl (C=O) groups is 2. The van der Waals surface area contributed by atoms with Crippen molar-refractivity contribution in [3.63, 3.8) is 0 Å². The van der Waals surface area contributed by atoms with Gasteiger partial charge >= 0.3 is 0 Å². The zero-order valence-electron chi connectivity index (χ0n) is 21.1. The lowest BCUT2D eigenvalue weighted by atomic mass is 10.1. The summed E-state index contributed by atoms with van der Waals surface area (Å²) in [6, 6.07) is 9.82. The van der Waals surface area contributed by atoms with Crippen molar-refractivity contribution in [2.75, 3.05) is 30.8 Å². The summed E-state index contributed by atoms with van der Waals surface area (Å²) in [5.74, 6) is -0.396. The predicted molar refractivity (Wildman–Crippen MR) is 136 cm³/mol. The normalized spacial score (nSPS) is 11.9. The van der Waals surface area contributed by atoms with Gasteiger partial charge in [0.25, 0.3) is 5.69 Å². The quantitative estimate of drug-likeness (QED) is 0.335. The van der Waals surface area contributed by atoms with E-state index in [2.05, 4.69) is 5.32 Å². The van der Waals surface area contributed by atoms with Gasteiger partial charge in [0.05, 0.1) is 24.0 Å². The van der Waals surface area contributed by atoms with Gasteiger partial charge in [-0.05, 0) is 43.5 Å². The van der Waals surface area contributed by atoms with Crippen LogP contribution in [0.25, 0.3) is 0 Å². The molecule has 12 heteroatoms. The van der Waals surface area contributed by atoms with Crippen LogP contribution in [-0.2, 0) is 26.2 Å². The standard InChI is InChI=1S/C24H32N4O7S/c1-6-13-25-24(30)18(3)26(15-19-8-11-21(35-4)12-9-19)23(29)16-27(36(5,33)34)22-14-20(28(31)32)10-7-17(22)2/h7-12,14,18H,6,13,15-16H2,1-5H3,(H,25,30)/t18-/m0/s1. The zero-order valence-corrected chi connectivity index (χ0v) is 21.9. The minimum atomic E-state index is -4.01. The van der Waals surface area contributed by atoms with Crippen LogP contribution in [-0.4, -0.2) is 62.6 Å². The zero-order chi connectivity index (χ0) is 27.0. The number of ether oxygens (including phenoxy) is 1. The Balaban J connectivity index is 2.45. The number of rotatable bonds is 12. The van der Waals surface area contributed by atoms with Crippen molar-refractivity contribution in [3.05, 3.63) is 63.7 Å². The Morgan fingerprint density at radius 1 is 1.17 bits per heavy atom. The molecule has 0 saturated carbocycles. The number of methoxy groups -OCH3 is 1. The van der Waals surface area contributed by atoms with Crippen molar-refractivity contribution in [2.45, 2.75) is 39.8 Å². The molecule has 0 aliphatic rings. The van der Waals surface area contributed by atoms with Crippen molar-refractivity contribution in [3.8, 4) is 5.75 Å². The smallest absolute Gasteiger partial charge is 0.271 e. The third-order valence-electron chi connectivity index (χ3n) is 5.58. The van der Waals surface area contributed by atoms with Crippen molar-refractivity contribution in [2.24, 2.45) is 0 Å². The maximum atomic E-state index is 13.5. The van der Waals surface area contributed by atoms with Gasteiger partial charge in [-0.3, -0.25) is 24.0 Å². The summed E-state index contributed by atoms with van der Waals surface area (Å²) in [6.45, 7) is 4.89. The Morgan fingerprint density at radius 3 is 2.33 bits per heavy atom. The molecular weight excluding hydrogens is 488 g/mol. The number of nitro benzene ring substituents is 1. The molecule has 0 aromatic heterocycles. The highest BCUT2D eigenvalue weighted by molar-refractivity contribution is 7.92. The number of non-ortho nitro benzene ring substituents is 1. The summed E-state index contributed by atoms with van der Waals surface area (Å²) in [4.78, 5) is 38.2. The Labute approximate surface area is 211 Å². The number of hydrogen-bond donors (Lipinski definition) is 1. The van der Waals surface area contributed by atoms with Crippen molar-refractivity contribution < 1.29 is 27.7 Å². The van der Waals surface area contributed by atoms with E-state index >= 15 is 0 Å². The Bertz CT molecular complexity index is 1200. The van der Waals surface area contributed by atoms with E-state index in [1.807, 2.05) is 6.92 Å². The van der Waals surface area contributed by atoms with Crippen molar-refractivity contribution in [1.29, 1.82) is 0 Å². The first-order valence-electron chi connectivity index (χ1n) is 11.3. The molecule has 0 aliphatic carbocycles. The number of anilines is 1. The second-order valence-electron chi connectivity index (χ2n) is 8.33. The van der Waals surface area contributed by atoms with E-state index in [4.69, 9.17) is 4.74 Å². The molecule has 1 atom stereocenters. The maximum Gasteiger partial charge on any atom is 0.271 e. The lowest BCUT2D eigenvalue weighted by Gasteiger charge is -2.31. The molecule has 11 nitrogen and oxygen atoms in total. The van der Waals surface area contributed by atoms with Crippen LogP contribution in [0.4, 0.5) is 11.4 Å². The molecular formula is C24H32N4O7S. The third-order valence-corrected chi connectivity index (χ3v) is 6.71. The average molecular weight is 521 g/mol. The molecule has 2 aromatic rings. The Hall–Kier alpha value is -3.67. The monoisotopic (exact) mass is 520 g/mol. The number of carbonyl (C=O) groups excluding carboxylic acids is 2. The SMILES string of the molecule is CCCNC(=O)[C@H](C)N(Cc1ccc(OC)cc1)C(=O)CN(c1cc([N+](=O)[O-])ccc1C)S(C)(=O)=O. The van der Waals surface area contributed by atoms with Crippen LogP contribution in [0.1, 0.15) is 31.4 Å². The molecule has 0 unspecified atom stereocenters. The van der Waals surface area contributed by atoms with Gasteiger partial charge in [-0.1, -0.05) is 25.1 Å². The van der Waals surface area contributed by atoms with Crippen LogP contribution >= 0.6 is 0 Å². The van der Waals surface area contributed by atoms with Crippen LogP contribution in [0.15, 0.2) is 42.5 Å². The number of benzene rings is 2. The lowest BCUT2D eigenvalue weighted by molar-refractivity contribution is -0.384. The first-order chi connectivity index (χ1) is 16.9. The molecule has 0 heterocycles. The minimum absolute atomic E-state index is 0.0209. The number of nitrogens with one attached hydrogen (secondary N) is 1. The van der Waals surface area contributed by atoms with Crippen molar-refractivity contribution >= 4 is 33.2 Å². The molecule has 36 heavy (non-hydrogen) atoms. The fourth-order valence-corrected chi connectivity index (χ4v) is 4.38. The summed E-state index contributed by atoms with van der Waals surface area (Å²) in [6.07, 6.45) is 1.63. The molecule has 0 spiro atoms. The van der Waals surface area contributed by atoms with E-state index in [-0.39, 0.29) is 23.8 Å². The van der Waals surface area contributed by atoms with E-state index in [9.17, 15) is 28.1 Å². The molecule has 0 aliphatic heterocycles. The number of sulfonamides is 1. The summed E-state index contributed by atoms with van der Waals surface area (Å²) in [5, 5.41) is 14.0. The molecule has 0 fully saturated rings. The topological polar surface area (TPSA) is 139 Å². The molecule has 0 saturated heterocycles. The van der Waals surface area contributed by atoms with Gasteiger partial charge in [0.2, 0.25) is 21.8 Å². The van der Waals surface area contributed by atoms with Crippen molar-refractivity contribution in [1.82, 2.24) is 10.2 Å².